The van der Waals surface area contributed by atoms with Crippen molar-refractivity contribution in [1.29, 1.82) is 0 Å². The Balaban J connectivity index is 1.39. The number of hydrogen-bond donors (Lipinski definition) is 1. The first-order valence-electron chi connectivity index (χ1n) is 13.6. The van der Waals surface area contributed by atoms with Gasteiger partial charge in [-0.05, 0) is 53.8 Å². The molecule has 1 amide bonds. The van der Waals surface area contributed by atoms with E-state index in [0.29, 0.717) is 18.0 Å². The quantitative estimate of drug-likeness (QED) is 0.210. The van der Waals surface area contributed by atoms with E-state index in [2.05, 4.69) is 63.2 Å². The van der Waals surface area contributed by atoms with Crippen LogP contribution < -0.4 is 14.8 Å². The van der Waals surface area contributed by atoms with Crippen LogP contribution in [0.5, 0.6) is 11.5 Å². The number of imidazole rings is 1. The molecule has 0 aliphatic carbocycles. The van der Waals surface area contributed by atoms with Crippen LogP contribution in [0, 0.1) is 6.92 Å². The zero-order valence-corrected chi connectivity index (χ0v) is 23.2. The van der Waals surface area contributed by atoms with Gasteiger partial charge in [-0.1, -0.05) is 66.7 Å². The average Bonchev–Trinajstić information content (AvgIpc) is 3.44. The number of amides is 1. The monoisotopic (exact) mass is 533 g/mol. The largest absolute Gasteiger partial charge is 0.497 e. The van der Waals surface area contributed by atoms with Crippen molar-refractivity contribution in [3.63, 3.8) is 0 Å². The van der Waals surface area contributed by atoms with Crippen molar-refractivity contribution in [3.05, 3.63) is 131 Å². The Morgan fingerprint density at radius 1 is 0.825 bits per heavy atom. The number of carbonyl (C=O) groups is 1. The van der Waals surface area contributed by atoms with Crippen LogP contribution in [-0.2, 0) is 4.79 Å². The molecular formula is C34H35N3O3. The Bertz CT molecular complexity index is 1500. The third kappa shape index (κ3) is 6.01. The van der Waals surface area contributed by atoms with Crippen LogP contribution in [0.2, 0.25) is 0 Å². The minimum atomic E-state index is -0.250. The fourth-order valence-electron chi connectivity index (χ4n) is 5.36. The highest BCUT2D eigenvalue weighted by atomic mass is 16.5. The van der Waals surface area contributed by atoms with E-state index in [1.807, 2.05) is 61.8 Å². The summed E-state index contributed by atoms with van der Waals surface area (Å²) in [6.07, 6.45) is 4.93. The van der Waals surface area contributed by atoms with Crippen molar-refractivity contribution in [1.82, 2.24) is 14.7 Å². The molecule has 0 spiro atoms. The molecule has 0 radical (unpaired) electrons. The molecule has 6 heteroatoms. The number of pyridine rings is 1. The number of nitrogens with one attached hydrogen (secondary N) is 1. The Kier molecular flexibility index (Phi) is 8.45. The van der Waals surface area contributed by atoms with Gasteiger partial charge in [-0.2, -0.15) is 0 Å². The summed E-state index contributed by atoms with van der Waals surface area (Å²) in [6.45, 7) is 2.60. The molecule has 0 aliphatic rings. The summed E-state index contributed by atoms with van der Waals surface area (Å²) in [7, 11) is 3.27. The zero-order valence-electron chi connectivity index (χ0n) is 23.2. The molecular weight excluding hydrogens is 498 g/mol. The number of fused-ring (bicyclic) bond motifs is 1. The molecule has 0 fully saturated rings. The number of nitrogens with zero attached hydrogens (tertiary/aromatic N) is 2. The Morgan fingerprint density at radius 3 is 2.05 bits per heavy atom. The number of benzene rings is 3. The molecule has 1 atom stereocenters. The van der Waals surface area contributed by atoms with Crippen LogP contribution in [0.3, 0.4) is 0 Å². The SMILES string of the molecule is COc1cc(OC)cc(C(CC(=O)NCCC(c2ccccc2)c2ccccc2)c2cnc3c(C)cccn23)c1. The van der Waals surface area contributed by atoms with Crippen molar-refractivity contribution in [2.24, 2.45) is 0 Å². The first kappa shape index (κ1) is 27.0. The van der Waals surface area contributed by atoms with E-state index < -0.39 is 0 Å². The van der Waals surface area contributed by atoms with E-state index in [1.54, 1.807) is 14.2 Å². The van der Waals surface area contributed by atoms with E-state index in [4.69, 9.17) is 9.47 Å². The lowest BCUT2D eigenvalue weighted by atomic mass is 9.88. The lowest BCUT2D eigenvalue weighted by Crippen LogP contribution is -2.28. The molecule has 0 aliphatic heterocycles. The van der Waals surface area contributed by atoms with Crippen LogP contribution in [0.25, 0.3) is 5.65 Å². The van der Waals surface area contributed by atoms with E-state index in [-0.39, 0.29) is 24.2 Å². The van der Waals surface area contributed by atoms with Crippen LogP contribution in [0.4, 0.5) is 0 Å². The Morgan fingerprint density at radius 2 is 1.45 bits per heavy atom. The maximum Gasteiger partial charge on any atom is 0.221 e. The summed E-state index contributed by atoms with van der Waals surface area (Å²) in [6, 6.07) is 30.7. The van der Waals surface area contributed by atoms with Crippen LogP contribution in [0.15, 0.2) is 103 Å². The van der Waals surface area contributed by atoms with Gasteiger partial charge >= 0.3 is 0 Å². The minimum Gasteiger partial charge on any atom is -0.497 e. The molecule has 204 valence electrons. The summed E-state index contributed by atoms with van der Waals surface area (Å²) in [5, 5.41) is 3.20. The molecule has 3 aromatic carbocycles. The van der Waals surface area contributed by atoms with Gasteiger partial charge in [0, 0.05) is 43.3 Å². The molecule has 40 heavy (non-hydrogen) atoms. The fourth-order valence-corrected chi connectivity index (χ4v) is 5.36. The van der Waals surface area contributed by atoms with E-state index in [9.17, 15) is 4.79 Å². The molecule has 0 saturated heterocycles. The van der Waals surface area contributed by atoms with Gasteiger partial charge in [-0.15, -0.1) is 0 Å². The topological polar surface area (TPSA) is 64.9 Å². The van der Waals surface area contributed by atoms with Gasteiger partial charge in [0.2, 0.25) is 5.91 Å². The van der Waals surface area contributed by atoms with Crippen LogP contribution >= 0.6 is 0 Å². The number of rotatable bonds is 11. The highest BCUT2D eigenvalue weighted by Gasteiger charge is 2.24. The molecule has 0 bridgehead atoms. The van der Waals surface area contributed by atoms with Crippen molar-refractivity contribution < 1.29 is 14.3 Å². The summed E-state index contributed by atoms with van der Waals surface area (Å²) < 4.78 is 13.2. The molecule has 1 unspecified atom stereocenters. The third-order valence-corrected chi connectivity index (χ3v) is 7.44. The Hall–Kier alpha value is -4.58. The lowest BCUT2D eigenvalue weighted by molar-refractivity contribution is -0.121. The van der Waals surface area contributed by atoms with Crippen molar-refractivity contribution in [2.75, 3.05) is 20.8 Å². The molecule has 5 rings (SSSR count). The Labute approximate surface area is 235 Å². The second kappa shape index (κ2) is 12.5. The number of ether oxygens (including phenoxy) is 2. The summed E-state index contributed by atoms with van der Waals surface area (Å²) in [5.74, 6) is 1.29. The fraction of sp³-hybridized carbons (Fsp3) is 0.235. The summed E-state index contributed by atoms with van der Waals surface area (Å²) >= 11 is 0. The third-order valence-electron chi connectivity index (χ3n) is 7.44. The minimum absolute atomic E-state index is 0.0192. The number of aryl methyl sites for hydroxylation is 1. The number of methoxy groups -OCH3 is 2. The first-order chi connectivity index (χ1) is 19.6. The maximum atomic E-state index is 13.5. The van der Waals surface area contributed by atoms with Gasteiger partial charge in [0.25, 0.3) is 0 Å². The molecule has 0 saturated carbocycles. The summed E-state index contributed by atoms with van der Waals surface area (Å²) in [5.41, 5.74) is 6.31. The average molecular weight is 534 g/mol. The van der Waals surface area contributed by atoms with Gasteiger partial charge < -0.3 is 19.2 Å². The predicted molar refractivity (Wildman–Crippen MR) is 158 cm³/mol. The van der Waals surface area contributed by atoms with Crippen molar-refractivity contribution in [3.8, 4) is 11.5 Å². The van der Waals surface area contributed by atoms with Crippen LogP contribution in [0.1, 0.15) is 52.6 Å². The highest BCUT2D eigenvalue weighted by molar-refractivity contribution is 5.77. The predicted octanol–water partition coefficient (Wildman–Crippen LogP) is 6.52. The first-order valence-corrected chi connectivity index (χ1v) is 13.6. The molecule has 5 aromatic rings. The molecule has 2 aromatic heterocycles. The molecule has 2 heterocycles. The van der Waals surface area contributed by atoms with Gasteiger partial charge in [0.1, 0.15) is 17.1 Å². The van der Waals surface area contributed by atoms with E-state index >= 15 is 0 Å². The van der Waals surface area contributed by atoms with Crippen molar-refractivity contribution >= 4 is 11.6 Å². The highest BCUT2D eigenvalue weighted by Crippen LogP contribution is 2.34. The second-order valence-corrected chi connectivity index (χ2v) is 9.98. The standard InChI is InChI=1S/C34H35N3O3/c1-24-11-10-18-37-32(23-36-34(24)37)31(27-19-28(39-2)21-29(20-27)40-3)22-33(38)35-17-16-30(25-12-6-4-7-13-25)26-14-8-5-9-15-26/h4-15,18-21,23,30-31H,16-17,22H2,1-3H3,(H,35,38). The normalized spacial score (nSPS) is 11.9. The van der Waals surface area contributed by atoms with Gasteiger partial charge in [0.05, 0.1) is 19.9 Å². The van der Waals surface area contributed by atoms with Crippen LogP contribution in [-0.4, -0.2) is 36.1 Å². The number of hydrogen-bond acceptors (Lipinski definition) is 4. The summed E-state index contributed by atoms with van der Waals surface area (Å²) in [4.78, 5) is 18.2. The number of aromatic nitrogens is 2. The zero-order chi connectivity index (χ0) is 27.9. The maximum absolute atomic E-state index is 13.5. The molecule has 6 nitrogen and oxygen atoms in total. The smallest absolute Gasteiger partial charge is 0.221 e. The van der Waals surface area contributed by atoms with Gasteiger partial charge in [-0.3, -0.25) is 4.79 Å². The number of carbonyl (C=O) groups excluding carboxylic acids is 1. The van der Waals surface area contributed by atoms with E-state index in [1.165, 1.54) is 11.1 Å². The lowest BCUT2D eigenvalue weighted by Gasteiger charge is -2.21. The van der Waals surface area contributed by atoms with Crippen molar-refractivity contribution in [2.45, 2.75) is 31.6 Å². The van der Waals surface area contributed by atoms with Gasteiger partial charge in [0.15, 0.2) is 0 Å². The second-order valence-electron chi connectivity index (χ2n) is 9.98. The molecule has 1 N–H and O–H groups in total. The van der Waals surface area contributed by atoms with E-state index in [0.717, 1.165) is 28.9 Å². The van der Waals surface area contributed by atoms with Gasteiger partial charge in [-0.25, -0.2) is 4.98 Å².